The van der Waals surface area contributed by atoms with Crippen LogP contribution < -0.4 is 5.32 Å². The fourth-order valence-corrected chi connectivity index (χ4v) is 2.63. The summed E-state index contributed by atoms with van der Waals surface area (Å²) in [7, 11) is 2.22. The van der Waals surface area contributed by atoms with E-state index in [1.54, 1.807) is 0 Å². The Bertz CT molecular complexity index is 336. The molecular weight excluding hydrogens is 208 g/mol. The summed E-state index contributed by atoms with van der Waals surface area (Å²) in [5.74, 6) is 0. The molecule has 1 heterocycles. The molecule has 0 aromatic heterocycles. The van der Waals surface area contributed by atoms with Gasteiger partial charge >= 0.3 is 0 Å². The van der Waals surface area contributed by atoms with E-state index in [1.807, 2.05) is 0 Å². The summed E-state index contributed by atoms with van der Waals surface area (Å²) in [4.78, 5) is 2.45. The zero-order valence-corrected chi connectivity index (χ0v) is 11.2. The fraction of sp³-hybridized carbons (Fsp3) is 0.600. The first kappa shape index (κ1) is 12.6. The van der Waals surface area contributed by atoms with Gasteiger partial charge in [-0.25, -0.2) is 0 Å². The SMILES string of the molecule is CC1CC(N[C@@H](C)c2ccccc2)CCN1C. The van der Waals surface area contributed by atoms with E-state index in [2.05, 4.69) is 61.4 Å². The number of benzene rings is 1. The van der Waals surface area contributed by atoms with E-state index in [4.69, 9.17) is 0 Å². The smallest absolute Gasteiger partial charge is 0.0294 e. The number of piperidine rings is 1. The maximum absolute atomic E-state index is 3.76. The van der Waals surface area contributed by atoms with Crippen molar-refractivity contribution in [3.8, 4) is 0 Å². The molecule has 1 N–H and O–H groups in total. The molecule has 2 heteroatoms. The molecule has 2 rings (SSSR count). The van der Waals surface area contributed by atoms with Crippen molar-refractivity contribution in [3.63, 3.8) is 0 Å². The molecule has 94 valence electrons. The highest BCUT2D eigenvalue weighted by Crippen LogP contribution is 2.19. The van der Waals surface area contributed by atoms with Crippen LogP contribution in [0.2, 0.25) is 0 Å². The summed E-state index contributed by atoms with van der Waals surface area (Å²) in [5.41, 5.74) is 1.39. The molecule has 1 aliphatic heterocycles. The summed E-state index contributed by atoms with van der Waals surface area (Å²) in [6, 6.07) is 12.5. The minimum absolute atomic E-state index is 0.455. The van der Waals surface area contributed by atoms with E-state index in [9.17, 15) is 0 Å². The Labute approximate surface area is 105 Å². The molecule has 0 amide bonds. The average Bonchev–Trinajstić information content (AvgIpc) is 2.35. The minimum Gasteiger partial charge on any atom is -0.307 e. The number of hydrogen-bond donors (Lipinski definition) is 1. The molecule has 0 saturated carbocycles. The molecular formula is C15H24N2. The summed E-state index contributed by atoms with van der Waals surface area (Å²) >= 11 is 0. The van der Waals surface area contributed by atoms with Gasteiger partial charge in [0.05, 0.1) is 0 Å². The van der Waals surface area contributed by atoms with Gasteiger partial charge < -0.3 is 10.2 Å². The van der Waals surface area contributed by atoms with Crippen LogP contribution in [0.4, 0.5) is 0 Å². The van der Waals surface area contributed by atoms with Crippen molar-refractivity contribution < 1.29 is 0 Å². The molecule has 2 unspecified atom stereocenters. The molecule has 3 atom stereocenters. The lowest BCUT2D eigenvalue weighted by Crippen LogP contribution is -2.46. The van der Waals surface area contributed by atoms with Crippen LogP contribution in [0.5, 0.6) is 0 Å². The Balaban J connectivity index is 1.89. The molecule has 0 radical (unpaired) electrons. The quantitative estimate of drug-likeness (QED) is 0.862. The topological polar surface area (TPSA) is 15.3 Å². The molecule has 0 aliphatic carbocycles. The van der Waals surface area contributed by atoms with Gasteiger partial charge in [-0.2, -0.15) is 0 Å². The van der Waals surface area contributed by atoms with Crippen LogP contribution in [0.3, 0.4) is 0 Å². The number of rotatable bonds is 3. The highest BCUT2D eigenvalue weighted by atomic mass is 15.1. The van der Waals surface area contributed by atoms with Gasteiger partial charge in [-0.1, -0.05) is 30.3 Å². The summed E-state index contributed by atoms with van der Waals surface area (Å²) in [6.07, 6.45) is 2.52. The van der Waals surface area contributed by atoms with E-state index in [1.165, 1.54) is 24.9 Å². The molecule has 2 nitrogen and oxygen atoms in total. The summed E-state index contributed by atoms with van der Waals surface area (Å²) < 4.78 is 0. The van der Waals surface area contributed by atoms with Crippen molar-refractivity contribution in [1.82, 2.24) is 10.2 Å². The van der Waals surface area contributed by atoms with Crippen molar-refractivity contribution in [1.29, 1.82) is 0 Å². The monoisotopic (exact) mass is 232 g/mol. The Morgan fingerprint density at radius 1 is 1.29 bits per heavy atom. The number of likely N-dealkylation sites (tertiary alicyclic amines) is 1. The Morgan fingerprint density at radius 3 is 2.65 bits per heavy atom. The number of nitrogens with zero attached hydrogens (tertiary/aromatic N) is 1. The van der Waals surface area contributed by atoms with E-state index in [0.29, 0.717) is 18.1 Å². The lowest BCUT2D eigenvalue weighted by Gasteiger charge is -2.36. The largest absolute Gasteiger partial charge is 0.307 e. The Kier molecular flexibility index (Phi) is 4.19. The normalized spacial score (nSPS) is 27.9. The van der Waals surface area contributed by atoms with Gasteiger partial charge in [-0.15, -0.1) is 0 Å². The van der Waals surface area contributed by atoms with Crippen molar-refractivity contribution in [3.05, 3.63) is 35.9 Å². The molecule has 1 saturated heterocycles. The second-order valence-corrected chi connectivity index (χ2v) is 5.35. The van der Waals surface area contributed by atoms with Gasteiger partial charge in [0.25, 0.3) is 0 Å². The zero-order valence-electron chi connectivity index (χ0n) is 11.2. The number of nitrogens with one attached hydrogen (secondary N) is 1. The first-order valence-corrected chi connectivity index (χ1v) is 6.68. The third kappa shape index (κ3) is 3.30. The summed E-state index contributed by atoms with van der Waals surface area (Å²) in [6.45, 7) is 5.79. The maximum Gasteiger partial charge on any atom is 0.0294 e. The van der Waals surface area contributed by atoms with Gasteiger partial charge in [0.2, 0.25) is 0 Å². The van der Waals surface area contributed by atoms with Gasteiger partial charge in [0.15, 0.2) is 0 Å². The molecule has 1 aliphatic rings. The highest BCUT2D eigenvalue weighted by Gasteiger charge is 2.23. The lowest BCUT2D eigenvalue weighted by atomic mass is 9.97. The molecule has 0 spiro atoms. The third-order valence-corrected chi connectivity index (χ3v) is 3.99. The van der Waals surface area contributed by atoms with Gasteiger partial charge in [-0.05, 0) is 45.8 Å². The van der Waals surface area contributed by atoms with Crippen LogP contribution in [-0.2, 0) is 0 Å². The van der Waals surface area contributed by atoms with Gasteiger partial charge in [-0.3, -0.25) is 0 Å². The van der Waals surface area contributed by atoms with Crippen molar-refractivity contribution in [2.24, 2.45) is 0 Å². The van der Waals surface area contributed by atoms with Crippen LogP contribution in [0.25, 0.3) is 0 Å². The predicted octanol–water partition coefficient (Wildman–Crippen LogP) is 2.82. The molecule has 0 bridgehead atoms. The second kappa shape index (κ2) is 5.65. The second-order valence-electron chi connectivity index (χ2n) is 5.35. The standard InChI is InChI=1S/C15H24N2/c1-12-11-15(9-10-17(12)3)16-13(2)14-7-5-4-6-8-14/h4-8,12-13,15-16H,9-11H2,1-3H3/t12?,13-,15?/m0/s1. The molecule has 1 aromatic carbocycles. The Hall–Kier alpha value is -0.860. The fourth-order valence-electron chi connectivity index (χ4n) is 2.63. The average molecular weight is 232 g/mol. The number of hydrogen-bond acceptors (Lipinski definition) is 2. The van der Waals surface area contributed by atoms with Crippen molar-refractivity contribution in [2.75, 3.05) is 13.6 Å². The van der Waals surface area contributed by atoms with Crippen LogP contribution in [0.1, 0.15) is 38.3 Å². The van der Waals surface area contributed by atoms with E-state index in [0.717, 1.165) is 0 Å². The Morgan fingerprint density at radius 2 is 2.00 bits per heavy atom. The lowest BCUT2D eigenvalue weighted by molar-refractivity contribution is 0.163. The zero-order chi connectivity index (χ0) is 12.3. The van der Waals surface area contributed by atoms with E-state index in [-0.39, 0.29) is 0 Å². The van der Waals surface area contributed by atoms with Crippen molar-refractivity contribution in [2.45, 2.75) is 44.8 Å². The van der Waals surface area contributed by atoms with Crippen LogP contribution in [-0.4, -0.2) is 30.6 Å². The molecule has 1 aromatic rings. The van der Waals surface area contributed by atoms with Crippen LogP contribution in [0, 0.1) is 0 Å². The van der Waals surface area contributed by atoms with Crippen molar-refractivity contribution >= 4 is 0 Å². The maximum atomic E-state index is 3.76. The van der Waals surface area contributed by atoms with Crippen LogP contribution >= 0.6 is 0 Å². The van der Waals surface area contributed by atoms with E-state index < -0.39 is 0 Å². The third-order valence-electron chi connectivity index (χ3n) is 3.99. The molecule has 1 fully saturated rings. The highest BCUT2D eigenvalue weighted by molar-refractivity contribution is 5.18. The minimum atomic E-state index is 0.455. The van der Waals surface area contributed by atoms with Gasteiger partial charge in [0, 0.05) is 18.1 Å². The van der Waals surface area contributed by atoms with E-state index >= 15 is 0 Å². The first-order valence-electron chi connectivity index (χ1n) is 6.68. The summed E-state index contributed by atoms with van der Waals surface area (Å²) in [5, 5.41) is 3.76. The van der Waals surface area contributed by atoms with Gasteiger partial charge in [0.1, 0.15) is 0 Å². The first-order chi connectivity index (χ1) is 8.16. The molecule has 17 heavy (non-hydrogen) atoms. The predicted molar refractivity (Wildman–Crippen MR) is 73.1 cm³/mol. The van der Waals surface area contributed by atoms with Crippen LogP contribution in [0.15, 0.2) is 30.3 Å².